The topological polar surface area (TPSA) is 94.1 Å². The summed E-state index contributed by atoms with van der Waals surface area (Å²) >= 11 is 0. The number of aryl methyl sites for hydroxylation is 1. The van der Waals surface area contributed by atoms with Crippen molar-refractivity contribution in [1.29, 1.82) is 0 Å². The lowest BCUT2D eigenvalue weighted by molar-refractivity contribution is -0.136. The molecule has 0 aromatic heterocycles. The van der Waals surface area contributed by atoms with E-state index in [9.17, 15) is 9.59 Å². The first-order valence-corrected chi connectivity index (χ1v) is 10.5. The molecule has 1 aliphatic rings. The van der Waals surface area contributed by atoms with Crippen LogP contribution in [0.4, 0.5) is 4.79 Å². The van der Waals surface area contributed by atoms with Gasteiger partial charge < -0.3 is 24.5 Å². The van der Waals surface area contributed by atoms with Gasteiger partial charge in [-0.2, -0.15) is 0 Å². The monoisotopic (exact) mass is 431 g/mol. The van der Waals surface area contributed by atoms with Gasteiger partial charge in [0.2, 0.25) is 0 Å². The molecule has 0 atom stereocenters. The number of hydrogen-bond acceptors (Lipinski definition) is 5. The summed E-state index contributed by atoms with van der Waals surface area (Å²) in [6.07, 6.45) is 1.97. The number of rotatable bonds is 7. The number of amides is 1. The van der Waals surface area contributed by atoms with Gasteiger partial charge in [-0.15, -0.1) is 0 Å². The maximum Gasteiger partial charge on any atom is 0.492 e. The number of carbonyl (C=O) groups is 2. The molecule has 1 saturated heterocycles. The molecule has 0 aliphatic carbocycles. The van der Waals surface area contributed by atoms with E-state index in [-0.39, 0.29) is 13.0 Å². The number of carboxylic acid groups (broad SMARTS) is 1. The number of aliphatic carboxylic acids is 1. The molecular weight excluding hydrogens is 397 g/mol. The molecule has 0 radical (unpaired) electrons. The second-order valence-electron chi connectivity index (χ2n) is 9.80. The molecule has 8 heteroatoms. The Kier molecular flexibility index (Phi) is 7.60. The lowest BCUT2D eigenvalue weighted by atomic mass is 9.77. The van der Waals surface area contributed by atoms with Crippen LogP contribution in [0.2, 0.25) is 0 Å². The number of ether oxygens (including phenoxy) is 1. The van der Waals surface area contributed by atoms with E-state index in [1.54, 1.807) is 0 Å². The molecule has 2 rings (SSSR count). The fourth-order valence-electron chi connectivity index (χ4n) is 2.93. The van der Waals surface area contributed by atoms with Gasteiger partial charge >= 0.3 is 19.2 Å². The number of nitrogens with one attached hydrogen (secondary N) is 1. The molecule has 7 nitrogen and oxygen atoms in total. The first-order valence-electron chi connectivity index (χ1n) is 10.5. The Bertz CT molecular complexity index is 807. The number of alkyl carbamates (subject to hydrolysis) is 1. The summed E-state index contributed by atoms with van der Waals surface area (Å²) in [4.78, 5) is 22.9. The Morgan fingerprint density at radius 3 is 2.13 bits per heavy atom. The molecule has 1 aromatic rings. The molecule has 170 valence electrons. The van der Waals surface area contributed by atoms with Gasteiger partial charge in [-0.05, 0) is 71.5 Å². The van der Waals surface area contributed by atoms with Gasteiger partial charge in [0.25, 0.3) is 0 Å². The first kappa shape index (κ1) is 24.9. The van der Waals surface area contributed by atoms with Crippen molar-refractivity contribution in [2.75, 3.05) is 6.54 Å². The predicted molar refractivity (Wildman–Crippen MR) is 121 cm³/mol. The summed E-state index contributed by atoms with van der Waals surface area (Å²) in [5.74, 6) is -0.819. The average molecular weight is 431 g/mol. The van der Waals surface area contributed by atoms with Crippen molar-refractivity contribution >= 4 is 25.3 Å². The van der Waals surface area contributed by atoms with Crippen molar-refractivity contribution in [2.24, 2.45) is 0 Å². The minimum atomic E-state index is -0.819. The highest BCUT2D eigenvalue weighted by atomic mass is 16.7. The van der Waals surface area contributed by atoms with Gasteiger partial charge in [0.15, 0.2) is 0 Å². The normalized spacial score (nSPS) is 18.0. The van der Waals surface area contributed by atoms with Gasteiger partial charge in [0, 0.05) is 13.0 Å². The van der Waals surface area contributed by atoms with Gasteiger partial charge in [-0.3, -0.25) is 4.79 Å². The predicted octanol–water partition coefficient (Wildman–Crippen LogP) is 4.24. The highest BCUT2D eigenvalue weighted by Crippen LogP contribution is 2.38. The second kappa shape index (κ2) is 9.45. The summed E-state index contributed by atoms with van der Waals surface area (Å²) in [6.45, 7) is 13.5. The minimum absolute atomic E-state index is 0.0914. The van der Waals surface area contributed by atoms with E-state index in [0.29, 0.717) is 6.42 Å². The summed E-state index contributed by atoms with van der Waals surface area (Å²) in [5.41, 5.74) is 0.984. The van der Waals surface area contributed by atoms with Crippen LogP contribution < -0.4 is 5.32 Å². The van der Waals surface area contributed by atoms with E-state index >= 15 is 0 Å². The van der Waals surface area contributed by atoms with Gasteiger partial charge in [0.05, 0.1) is 11.2 Å². The zero-order chi connectivity index (χ0) is 23.4. The van der Waals surface area contributed by atoms with E-state index in [1.807, 2.05) is 78.8 Å². The Balaban J connectivity index is 2.21. The summed E-state index contributed by atoms with van der Waals surface area (Å²) in [5, 5.41) is 11.6. The zero-order valence-electron chi connectivity index (χ0n) is 19.6. The van der Waals surface area contributed by atoms with Crippen LogP contribution in [0.15, 0.2) is 29.7 Å². The molecule has 0 unspecified atom stereocenters. The third-order valence-electron chi connectivity index (χ3n) is 5.35. The smallest absolute Gasteiger partial charge is 0.481 e. The van der Waals surface area contributed by atoms with Crippen LogP contribution in [0.5, 0.6) is 0 Å². The van der Waals surface area contributed by atoms with Crippen LogP contribution in [-0.4, -0.2) is 47.6 Å². The van der Waals surface area contributed by atoms with E-state index in [4.69, 9.17) is 19.2 Å². The van der Waals surface area contributed by atoms with Crippen molar-refractivity contribution in [3.8, 4) is 0 Å². The number of carboxylic acids is 1. The van der Waals surface area contributed by atoms with Crippen molar-refractivity contribution in [2.45, 2.75) is 78.1 Å². The number of benzene rings is 1. The van der Waals surface area contributed by atoms with Crippen molar-refractivity contribution < 1.29 is 28.7 Å². The number of hydrogen-bond donors (Lipinski definition) is 2. The third-order valence-corrected chi connectivity index (χ3v) is 5.35. The lowest BCUT2D eigenvalue weighted by Crippen LogP contribution is -2.41. The standard InChI is InChI=1S/C23H34BNO6/c1-21(2,3)29-20(28)25-15-18(24-30-22(4,5)23(6,7)31-24)14-17-10-8-16(9-11-17)12-13-19(26)27/h8-11,14H,12-13,15H2,1-7H3,(H,25,28)(H,26,27). The molecule has 1 amide bonds. The highest BCUT2D eigenvalue weighted by Gasteiger charge is 2.52. The molecule has 1 aliphatic heterocycles. The maximum atomic E-state index is 12.2. The molecular formula is C23H34BNO6. The first-order chi connectivity index (χ1) is 14.2. The zero-order valence-corrected chi connectivity index (χ0v) is 19.6. The molecule has 0 spiro atoms. The Labute approximate surface area is 185 Å². The van der Waals surface area contributed by atoms with Gasteiger partial charge in [-0.25, -0.2) is 4.79 Å². The number of carbonyl (C=O) groups excluding carboxylic acids is 1. The largest absolute Gasteiger partial charge is 0.492 e. The highest BCUT2D eigenvalue weighted by molar-refractivity contribution is 6.56. The van der Waals surface area contributed by atoms with Crippen molar-refractivity contribution in [1.82, 2.24) is 5.32 Å². The fraction of sp³-hybridized carbons (Fsp3) is 0.565. The third kappa shape index (κ3) is 7.40. The summed E-state index contributed by atoms with van der Waals surface area (Å²) in [7, 11) is -0.619. The summed E-state index contributed by atoms with van der Waals surface area (Å²) < 4.78 is 17.7. The van der Waals surface area contributed by atoms with E-state index in [2.05, 4.69) is 5.32 Å². The lowest BCUT2D eigenvalue weighted by Gasteiger charge is -2.32. The molecule has 1 fully saturated rings. The quantitative estimate of drug-likeness (QED) is 0.627. The van der Waals surface area contributed by atoms with Crippen molar-refractivity contribution in [3.05, 3.63) is 40.9 Å². The van der Waals surface area contributed by atoms with E-state index < -0.39 is 36.0 Å². The Hall–Kier alpha value is -2.32. The van der Waals surface area contributed by atoms with Crippen LogP contribution in [-0.2, 0) is 25.3 Å². The van der Waals surface area contributed by atoms with Gasteiger partial charge in [0.1, 0.15) is 5.60 Å². The summed E-state index contributed by atoms with van der Waals surface area (Å²) in [6, 6.07) is 7.63. The molecule has 2 N–H and O–H groups in total. The fourth-order valence-corrected chi connectivity index (χ4v) is 2.93. The Morgan fingerprint density at radius 2 is 1.65 bits per heavy atom. The average Bonchev–Trinajstić information content (AvgIpc) is 2.83. The second-order valence-corrected chi connectivity index (χ2v) is 9.80. The van der Waals surface area contributed by atoms with E-state index in [1.165, 1.54) is 0 Å². The van der Waals surface area contributed by atoms with Gasteiger partial charge in [-0.1, -0.05) is 30.3 Å². The van der Waals surface area contributed by atoms with Crippen molar-refractivity contribution in [3.63, 3.8) is 0 Å². The van der Waals surface area contributed by atoms with Crippen LogP contribution in [0.3, 0.4) is 0 Å². The van der Waals surface area contributed by atoms with Crippen LogP contribution in [0.25, 0.3) is 6.08 Å². The van der Waals surface area contributed by atoms with Crippen LogP contribution in [0.1, 0.15) is 66.0 Å². The SMILES string of the molecule is CC(C)(C)OC(=O)NCC(=Cc1ccc(CCC(=O)O)cc1)B1OC(C)(C)C(C)(C)O1. The minimum Gasteiger partial charge on any atom is -0.481 e. The Morgan fingerprint density at radius 1 is 1.10 bits per heavy atom. The molecule has 0 bridgehead atoms. The van der Waals surface area contributed by atoms with Crippen LogP contribution in [0, 0.1) is 0 Å². The maximum absolute atomic E-state index is 12.2. The molecule has 31 heavy (non-hydrogen) atoms. The molecule has 1 aromatic carbocycles. The van der Waals surface area contributed by atoms with E-state index in [0.717, 1.165) is 16.6 Å². The molecule has 0 saturated carbocycles. The molecule has 1 heterocycles. The van der Waals surface area contributed by atoms with Crippen LogP contribution >= 0.6 is 0 Å².